The van der Waals surface area contributed by atoms with Gasteiger partial charge in [-0.3, -0.25) is 4.79 Å². The summed E-state index contributed by atoms with van der Waals surface area (Å²) < 4.78 is 0. The maximum absolute atomic E-state index is 12.0. The number of aliphatic carboxylic acids is 1. The van der Waals surface area contributed by atoms with E-state index in [-0.39, 0.29) is 23.8 Å². The van der Waals surface area contributed by atoms with Crippen molar-refractivity contribution >= 4 is 11.9 Å². The molecule has 0 aromatic heterocycles. The molecule has 1 heterocycles. The van der Waals surface area contributed by atoms with Crippen LogP contribution in [0.25, 0.3) is 0 Å². The number of carbonyl (C=O) groups is 2. The second-order valence-corrected chi connectivity index (χ2v) is 4.85. The molecular formula is C12H22N2O3. The minimum Gasteiger partial charge on any atom is -0.480 e. The highest BCUT2D eigenvalue weighted by molar-refractivity contribution is 5.85. The summed E-state index contributed by atoms with van der Waals surface area (Å²) in [6.07, 6.45) is 1.51. The van der Waals surface area contributed by atoms with Crippen molar-refractivity contribution in [2.24, 2.45) is 11.8 Å². The topological polar surface area (TPSA) is 78.4 Å². The fraction of sp³-hybridized carbons (Fsp3) is 0.833. The van der Waals surface area contributed by atoms with Crippen molar-refractivity contribution in [2.45, 2.75) is 45.7 Å². The molecule has 0 radical (unpaired) electrons. The third-order valence-corrected chi connectivity index (χ3v) is 3.64. The Bertz CT molecular complexity index is 293. The molecule has 5 nitrogen and oxygen atoms in total. The zero-order chi connectivity index (χ0) is 13.0. The quantitative estimate of drug-likeness (QED) is 0.659. The lowest BCUT2D eigenvalue weighted by molar-refractivity contribution is -0.144. The lowest BCUT2D eigenvalue weighted by Crippen LogP contribution is -2.48. The monoisotopic (exact) mass is 242 g/mol. The number of rotatable bonds is 5. The van der Waals surface area contributed by atoms with Crippen LogP contribution in [0.3, 0.4) is 0 Å². The van der Waals surface area contributed by atoms with Crippen LogP contribution in [-0.4, -0.2) is 35.6 Å². The van der Waals surface area contributed by atoms with Crippen molar-refractivity contribution < 1.29 is 14.7 Å². The Morgan fingerprint density at radius 2 is 2.18 bits per heavy atom. The van der Waals surface area contributed by atoms with E-state index in [1.54, 1.807) is 0 Å². The Morgan fingerprint density at radius 3 is 2.59 bits per heavy atom. The second-order valence-electron chi connectivity index (χ2n) is 4.85. The normalized spacial score (nSPS) is 27.5. The SMILES string of the molecule is CCC(C)C(NC(=O)C1CCNC1C)C(=O)O. The van der Waals surface area contributed by atoms with Gasteiger partial charge in [-0.2, -0.15) is 0 Å². The summed E-state index contributed by atoms with van der Waals surface area (Å²) in [5.41, 5.74) is 0. The van der Waals surface area contributed by atoms with Gasteiger partial charge in [0, 0.05) is 6.04 Å². The van der Waals surface area contributed by atoms with Gasteiger partial charge < -0.3 is 15.7 Å². The van der Waals surface area contributed by atoms with Gasteiger partial charge in [-0.25, -0.2) is 4.79 Å². The van der Waals surface area contributed by atoms with Crippen LogP contribution in [0.4, 0.5) is 0 Å². The van der Waals surface area contributed by atoms with Gasteiger partial charge in [0.2, 0.25) is 5.91 Å². The summed E-state index contributed by atoms with van der Waals surface area (Å²) in [7, 11) is 0. The summed E-state index contributed by atoms with van der Waals surface area (Å²) in [4.78, 5) is 23.1. The van der Waals surface area contributed by atoms with Crippen molar-refractivity contribution in [1.82, 2.24) is 10.6 Å². The van der Waals surface area contributed by atoms with Crippen molar-refractivity contribution in [1.29, 1.82) is 0 Å². The van der Waals surface area contributed by atoms with Crippen LogP contribution >= 0.6 is 0 Å². The molecule has 0 saturated carbocycles. The first-order valence-electron chi connectivity index (χ1n) is 6.24. The van der Waals surface area contributed by atoms with Gasteiger partial charge in [0.1, 0.15) is 6.04 Å². The molecule has 1 rings (SSSR count). The zero-order valence-corrected chi connectivity index (χ0v) is 10.7. The Balaban J connectivity index is 2.61. The molecule has 0 bridgehead atoms. The van der Waals surface area contributed by atoms with Crippen LogP contribution in [0.2, 0.25) is 0 Å². The van der Waals surface area contributed by atoms with Gasteiger partial charge in [-0.05, 0) is 25.8 Å². The largest absolute Gasteiger partial charge is 0.480 e. The number of amides is 1. The third kappa shape index (κ3) is 3.43. The molecule has 0 aromatic rings. The average molecular weight is 242 g/mol. The summed E-state index contributed by atoms with van der Waals surface area (Å²) >= 11 is 0. The molecule has 1 aliphatic rings. The first kappa shape index (κ1) is 14.0. The van der Waals surface area contributed by atoms with Crippen LogP contribution in [0.1, 0.15) is 33.6 Å². The van der Waals surface area contributed by atoms with Gasteiger partial charge in [-0.15, -0.1) is 0 Å². The average Bonchev–Trinajstić information content (AvgIpc) is 2.70. The summed E-state index contributed by atoms with van der Waals surface area (Å²) in [6.45, 7) is 6.54. The van der Waals surface area contributed by atoms with Crippen molar-refractivity contribution in [3.63, 3.8) is 0 Å². The number of nitrogens with one attached hydrogen (secondary N) is 2. The minimum atomic E-state index is -0.952. The van der Waals surface area contributed by atoms with E-state index >= 15 is 0 Å². The predicted molar refractivity (Wildman–Crippen MR) is 64.6 cm³/mol. The van der Waals surface area contributed by atoms with E-state index in [4.69, 9.17) is 5.11 Å². The number of hydrogen-bond donors (Lipinski definition) is 3. The van der Waals surface area contributed by atoms with Crippen LogP contribution < -0.4 is 10.6 Å². The van der Waals surface area contributed by atoms with E-state index in [0.717, 1.165) is 19.4 Å². The van der Waals surface area contributed by atoms with Crippen LogP contribution in [0, 0.1) is 11.8 Å². The highest BCUT2D eigenvalue weighted by Crippen LogP contribution is 2.16. The molecule has 0 spiro atoms. The summed E-state index contributed by atoms with van der Waals surface area (Å²) in [5, 5.41) is 15.0. The van der Waals surface area contributed by atoms with Crippen LogP contribution in [0.15, 0.2) is 0 Å². The lowest BCUT2D eigenvalue weighted by atomic mass is 9.96. The molecule has 1 amide bonds. The smallest absolute Gasteiger partial charge is 0.326 e. The Morgan fingerprint density at radius 1 is 1.53 bits per heavy atom. The molecule has 1 saturated heterocycles. The fourth-order valence-electron chi connectivity index (χ4n) is 2.16. The predicted octanol–water partition coefficient (Wildman–Crippen LogP) is 0.600. The Hall–Kier alpha value is -1.10. The maximum Gasteiger partial charge on any atom is 0.326 e. The molecule has 0 aromatic carbocycles. The summed E-state index contributed by atoms with van der Waals surface area (Å²) in [5.74, 6) is -1.26. The van der Waals surface area contributed by atoms with E-state index < -0.39 is 12.0 Å². The van der Waals surface area contributed by atoms with Gasteiger partial charge in [0.25, 0.3) is 0 Å². The Kier molecular flexibility index (Phi) is 4.93. The van der Waals surface area contributed by atoms with E-state index in [1.807, 2.05) is 20.8 Å². The highest BCUT2D eigenvalue weighted by Gasteiger charge is 2.33. The van der Waals surface area contributed by atoms with Crippen LogP contribution in [-0.2, 0) is 9.59 Å². The van der Waals surface area contributed by atoms with Gasteiger partial charge in [-0.1, -0.05) is 20.3 Å². The van der Waals surface area contributed by atoms with Crippen molar-refractivity contribution in [3.05, 3.63) is 0 Å². The zero-order valence-electron chi connectivity index (χ0n) is 10.7. The van der Waals surface area contributed by atoms with E-state index in [9.17, 15) is 9.59 Å². The highest BCUT2D eigenvalue weighted by atomic mass is 16.4. The molecule has 4 atom stereocenters. The van der Waals surface area contributed by atoms with Gasteiger partial charge in [0.05, 0.1) is 5.92 Å². The first-order valence-corrected chi connectivity index (χ1v) is 6.24. The molecular weight excluding hydrogens is 220 g/mol. The first-order chi connectivity index (χ1) is 7.97. The standard InChI is InChI=1S/C12H22N2O3/c1-4-7(2)10(12(16)17)14-11(15)9-5-6-13-8(9)3/h7-10,13H,4-6H2,1-3H3,(H,14,15)(H,16,17). The number of carbonyl (C=O) groups excluding carboxylic acids is 1. The molecule has 1 aliphatic heterocycles. The molecule has 0 aliphatic carbocycles. The van der Waals surface area contributed by atoms with E-state index in [2.05, 4.69) is 10.6 Å². The summed E-state index contributed by atoms with van der Waals surface area (Å²) in [6, 6.07) is -0.651. The second kappa shape index (κ2) is 6.00. The lowest BCUT2D eigenvalue weighted by Gasteiger charge is -2.23. The third-order valence-electron chi connectivity index (χ3n) is 3.64. The number of hydrogen-bond acceptors (Lipinski definition) is 3. The van der Waals surface area contributed by atoms with Gasteiger partial charge >= 0.3 is 5.97 Å². The van der Waals surface area contributed by atoms with Crippen molar-refractivity contribution in [3.8, 4) is 0 Å². The molecule has 98 valence electrons. The molecule has 3 N–H and O–H groups in total. The van der Waals surface area contributed by atoms with Crippen molar-refractivity contribution in [2.75, 3.05) is 6.54 Å². The fourth-order valence-corrected chi connectivity index (χ4v) is 2.16. The van der Waals surface area contributed by atoms with Crippen LogP contribution in [0.5, 0.6) is 0 Å². The van der Waals surface area contributed by atoms with E-state index in [1.165, 1.54) is 0 Å². The number of carboxylic acid groups (broad SMARTS) is 1. The van der Waals surface area contributed by atoms with Gasteiger partial charge in [0.15, 0.2) is 0 Å². The Labute approximate surface area is 102 Å². The molecule has 4 unspecified atom stereocenters. The maximum atomic E-state index is 12.0. The molecule has 17 heavy (non-hydrogen) atoms. The minimum absolute atomic E-state index is 0.0545. The van der Waals surface area contributed by atoms with E-state index in [0.29, 0.717) is 0 Å². The number of carboxylic acids is 1. The molecule has 5 heteroatoms. The molecule has 1 fully saturated rings.